The molecule has 0 spiro atoms. The molecule has 1 aliphatic rings. The number of halogens is 1. The molecular weight excluding hydrogens is 476 g/mol. The maximum atomic E-state index is 12.9. The van der Waals surface area contributed by atoms with Crippen molar-refractivity contribution in [2.75, 3.05) is 6.26 Å². The lowest BCUT2D eigenvalue weighted by molar-refractivity contribution is -0.240. The fourth-order valence-corrected chi connectivity index (χ4v) is 5.69. The molecule has 6 nitrogen and oxygen atoms in total. The zero-order valence-corrected chi connectivity index (χ0v) is 19.2. The quantitative estimate of drug-likeness (QED) is 0.403. The van der Waals surface area contributed by atoms with E-state index in [1.165, 1.54) is 16.9 Å². The largest absolute Gasteiger partial charge is 0.422 e. The second-order valence-electron chi connectivity index (χ2n) is 7.23. The highest BCUT2D eigenvalue weighted by Crippen LogP contribution is 2.43. The summed E-state index contributed by atoms with van der Waals surface area (Å²) >= 11 is 6.50. The number of thiazole rings is 1. The summed E-state index contributed by atoms with van der Waals surface area (Å²) in [6.45, 7) is 3.11. The van der Waals surface area contributed by atoms with Crippen LogP contribution in [0.15, 0.2) is 34.5 Å². The highest BCUT2D eigenvalue weighted by molar-refractivity contribution is 9.11. The van der Waals surface area contributed by atoms with Gasteiger partial charge in [0.15, 0.2) is 9.83 Å². The lowest BCUT2D eigenvalue weighted by atomic mass is 9.84. The van der Waals surface area contributed by atoms with Gasteiger partial charge in [-0.3, -0.25) is 9.59 Å². The SMILES string of the molecule is CSCc1cccc2c(C(c3cnc(Br)s3)C3C(=O)OC(C)(C)OC3=O)c[nH]c12. The van der Waals surface area contributed by atoms with E-state index in [-0.39, 0.29) is 0 Å². The minimum absolute atomic E-state index is 0.562. The predicted molar refractivity (Wildman–Crippen MR) is 117 cm³/mol. The summed E-state index contributed by atoms with van der Waals surface area (Å²) in [5.74, 6) is -3.25. The summed E-state index contributed by atoms with van der Waals surface area (Å²) in [5, 5.41) is 0.969. The van der Waals surface area contributed by atoms with E-state index in [1.807, 2.05) is 18.3 Å². The molecule has 1 atom stereocenters. The second kappa shape index (κ2) is 7.77. The van der Waals surface area contributed by atoms with Crippen LogP contribution in [0.3, 0.4) is 0 Å². The molecule has 0 aliphatic carbocycles. The van der Waals surface area contributed by atoms with E-state index < -0.39 is 29.6 Å². The molecule has 1 aromatic carbocycles. The number of H-pyrrole nitrogens is 1. The maximum Gasteiger partial charge on any atom is 0.324 e. The molecule has 29 heavy (non-hydrogen) atoms. The Bertz CT molecular complexity index is 1070. The summed E-state index contributed by atoms with van der Waals surface area (Å²) < 4.78 is 11.5. The third-order valence-corrected chi connectivity index (χ3v) is 6.96. The van der Waals surface area contributed by atoms with Gasteiger partial charge in [-0.2, -0.15) is 11.8 Å². The molecule has 3 heterocycles. The zero-order chi connectivity index (χ0) is 20.8. The van der Waals surface area contributed by atoms with Gasteiger partial charge in [-0.25, -0.2) is 4.98 Å². The maximum absolute atomic E-state index is 12.9. The van der Waals surface area contributed by atoms with Gasteiger partial charge in [0.25, 0.3) is 5.79 Å². The van der Waals surface area contributed by atoms with Gasteiger partial charge in [-0.15, -0.1) is 11.3 Å². The number of thioether (sulfide) groups is 1. The monoisotopic (exact) mass is 494 g/mol. The number of esters is 2. The van der Waals surface area contributed by atoms with E-state index >= 15 is 0 Å². The van der Waals surface area contributed by atoms with Crippen LogP contribution in [0.2, 0.25) is 0 Å². The molecule has 0 radical (unpaired) electrons. The van der Waals surface area contributed by atoms with Gasteiger partial charge in [-0.1, -0.05) is 18.2 Å². The van der Waals surface area contributed by atoms with E-state index in [0.29, 0.717) is 3.92 Å². The lowest BCUT2D eigenvalue weighted by Gasteiger charge is -2.35. The number of rotatable bonds is 5. The Balaban J connectivity index is 1.87. The predicted octanol–water partition coefficient (Wildman–Crippen LogP) is 4.83. The Hall–Kier alpha value is -1.84. The average molecular weight is 495 g/mol. The van der Waals surface area contributed by atoms with Crippen molar-refractivity contribution in [2.45, 2.75) is 31.3 Å². The molecule has 0 bridgehead atoms. The van der Waals surface area contributed by atoms with Crippen LogP contribution in [0, 0.1) is 5.92 Å². The molecule has 2 aromatic heterocycles. The van der Waals surface area contributed by atoms with Crippen molar-refractivity contribution in [1.29, 1.82) is 0 Å². The summed E-state index contributed by atoms with van der Waals surface area (Å²) in [4.78, 5) is 34.1. The molecule has 9 heteroatoms. The minimum Gasteiger partial charge on any atom is -0.422 e. The van der Waals surface area contributed by atoms with Gasteiger partial charge < -0.3 is 14.5 Å². The normalized spacial score (nSPS) is 17.9. The molecular formula is C20H19BrN2O4S2. The number of nitrogens with zero attached hydrogens (tertiary/aromatic N) is 1. The van der Waals surface area contributed by atoms with Crippen LogP contribution >= 0.6 is 39.0 Å². The number of ether oxygens (including phenoxy) is 2. The van der Waals surface area contributed by atoms with E-state index in [2.05, 4.69) is 38.2 Å². The van der Waals surface area contributed by atoms with Gasteiger partial charge in [-0.05, 0) is 33.3 Å². The van der Waals surface area contributed by atoms with Gasteiger partial charge in [0, 0.05) is 53.7 Å². The van der Waals surface area contributed by atoms with Crippen LogP contribution in [0.4, 0.5) is 0 Å². The highest BCUT2D eigenvalue weighted by Gasteiger charge is 2.49. The molecule has 0 amide bonds. The van der Waals surface area contributed by atoms with Crippen molar-refractivity contribution in [3.63, 3.8) is 0 Å². The Morgan fingerprint density at radius 1 is 1.31 bits per heavy atom. The number of carbonyl (C=O) groups excluding carboxylic acids is 2. The molecule has 152 valence electrons. The molecule has 1 unspecified atom stereocenters. The third kappa shape index (κ3) is 3.83. The first-order valence-corrected chi connectivity index (χ1v) is 12.0. The molecule has 4 rings (SSSR count). The van der Waals surface area contributed by atoms with Crippen molar-refractivity contribution in [3.8, 4) is 0 Å². The Labute approximate surface area is 184 Å². The second-order valence-corrected chi connectivity index (χ2v) is 10.4. The van der Waals surface area contributed by atoms with Gasteiger partial charge >= 0.3 is 11.9 Å². The van der Waals surface area contributed by atoms with E-state index in [4.69, 9.17) is 9.47 Å². The van der Waals surface area contributed by atoms with Crippen molar-refractivity contribution in [2.24, 2.45) is 5.92 Å². The van der Waals surface area contributed by atoms with Crippen molar-refractivity contribution in [3.05, 3.63) is 50.5 Å². The average Bonchev–Trinajstić information content (AvgIpc) is 3.24. The first kappa shape index (κ1) is 20.4. The molecule has 1 saturated heterocycles. The van der Waals surface area contributed by atoms with Crippen LogP contribution in [0.25, 0.3) is 10.9 Å². The summed E-state index contributed by atoms with van der Waals surface area (Å²) in [6.07, 6.45) is 5.60. The number of para-hydroxylation sites is 1. The number of fused-ring (bicyclic) bond motifs is 1. The number of benzene rings is 1. The number of hydrogen-bond acceptors (Lipinski definition) is 7. The smallest absolute Gasteiger partial charge is 0.324 e. The first-order valence-electron chi connectivity index (χ1n) is 8.95. The van der Waals surface area contributed by atoms with Crippen LogP contribution < -0.4 is 0 Å². The van der Waals surface area contributed by atoms with Crippen LogP contribution in [-0.4, -0.2) is 33.9 Å². The van der Waals surface area contributed by atoms with Gasteiger partial charge in [0.05, 0.1) is 0 Å². The van der Waals surface area contributed by atoms with Crippen molar-refractivity contribution < 1.29 is 19.1 Å². The number of hydrogen-bond donors (Lipinski definition) is 1. The van der Waals surface area contributed by atoms with Crippen LogP contribution in [-0.2, 0) is 24.8 Å². The Morgan fingerprint density at radius 3 is 2.66 bits per heavy atom. The third-order valence-electron chi connectivity index (χ3n) is 4.80. The zero-order valence-electron chi connectivity index (χ0n) is 16.0. The van der Waals surface area contributed by atoms with E-state index in [1.54, 1.807) is 31.8 Å². The van der Waals surface area contributed by atoms with E-state index in [9.17, 15) is 9.59 Å². The number of nitrogens with one attached hydrogen (secondary N) is 1. The summed E-state index contributed by atoms with van der Waals surface area (Å²) in [7, 11) is 0. The van der Waals surface area contributed by atoms with Crippen molar-refractivity contribution >= 4 is 61.9 Å². The van der Waals surface area contributed by atoms with Gasteiger partial charge in [0.1, 0.15) is 0 Å². The molecule has 1 N–H and O–H groups in total. The van der Waals surface area contributed by atoms with Crippen LogP contribution in [0.5, 0.6) is 0 Å². The topological polar surface area (TPSA) is 81.3 Å². The highest BCUT2D eigenvalue weighted by atomic mass is 79.9. The lowest BCUT2D eigenvalue weighted by Crippen LogP contribution is -2.48. The molecule has 0 saturated carbocycles. The summed E-state index contributed by atoms with van der Waals surface area (Å²) in [5.41, 5.74) is 3.02. The number of aromatic amines is 1. The minimum atomic E-state index is -1.27. The number of aromatic nitrogens is 2. The standard InChI is InChI=1S/C20H19BrN2O4S2/c1-20(2)26-17(24)15(18(25)27-20)14(13-8-23-19(21)29-13)12-7-22-16-10(9-28-3)5-4-6-11(12)16/h4-8,14-15,22H,9H2,1-3H3. The fraction of sp³-hybridized carbons (Fsp3) is 0.350. The Kier molecular flexibility index (Phi) is 5.48. The fourth-order valence-electron chi connectivity index (χ4n) is 3.68. The van der Waals surface area contributed by atoms with Gasteiger partial charge in [0.2, 0.25) is 0 Å². The van der Waals surface area contributed by atoms with E-state index in [0.717, 1.165) is 27.1 Å². The molecule has 3 aromatic rings. The van der Waals surface area contributed by atoms with Crippen molar-refractivity contribution in [1.82, 2.24) is 9.97 Å². The summed E-state index contributed by atoms with van der Waals surface area (Å²) in [6, 6.07) is 6.06. The number of carbonyl (C=O) groups is 2. The van der Waals surface area contributed by atoms with Crippen LogP contribution in [0.1, 0.15) is 35.8 Å². The molecule has 1 aliphatic heterocycles. The molecule has 1 fully saturated rings. The Morgan fingerprint density at radius 2 is 2.03 bits per heavy atom. The first-order chi connectivity index (χ1) is 13.8. The number of cyclic esters (lactones) is 2.